The summed E-state index contributed by atoms with van der Waals surface area (Å²) in [5.41, 5.74) is 6.86. The maximum absolute atomic E-state index is 12.7. The van der Waals surface area contributed by atoms with Crippen molar-refractivity contribution in [2.75, 3.05) is 14.2 Å². The molecule has 1 fully saturated rings. The maximum atomic E-state index is 12.7. The molecule has 2 aromatic carbocycles. The fraction of sp³-hybridized carbons (Fsp3) is 0.304. The van der Waals surface area contributed by atoms with E-state index in [0.717, 1.165) is 28.2 Å². The van der Waals surface area contributed by atoms with Crippen LogP contribution in [0.3, 0.4) is 0 Å². The standard InChI is InChI=1S/C23H26N6O3/c1-14-5-7-16(8-6-14)13-29-19-20(28(3)23(31)25-21(19)30)24-22(29)27-26-15(2)17-9-11-18(32-4)12-10-17/h5-12,19-20H,13H2,1-4H3,(H,24,27)(H,25,30,31)/b26-15-. The predicted molar refractivity (Wildman–Crippen MR) is 121 cm³/mol. The number of nitrogens with one attached hydrogen (secondary N) is 2. The second-order valence-corrected chi connectivity index (χ2v) is 7.87. The summed E-state index contributed by atoms with van der Waals surface area (Å²) < 4.78 is 5.20. The molecule has 32 heavy (non-hydrogen) atoms. The van der Waals surface area contributed by atoms with Gasteiger partial charge in [0.1, 0.15) is 5.75 Å². The monoisotopic (exact) mass is 434 g/mol. The van der Waals surface area contributed by atoms with Crippen LogP contribution >= 0.6 is 0 Å². The number of likely N-dealkylation sites (N-methyl/N-ethyl adjacent to an activating group) is 1. The molecule has 2 heterocycles. The summed E-state index contributed by atoms with van der Waals surface area (Å²) in [7, 11) is 3.25. The van der Waals surface area contributed by atoms with Crippen LogP contribution in [0.2, 0.25) is 0 Å². The average molecular weight is 435 g/mol. The number of hydrogen-bond donors (Lipinski definition) is 2. The third kappa shape index (κ3) is 4.14. The quantitative estimate of drug-likeness (QED) is 0.555. The van der Waals surface area contributed by atoms with E-state index in [1.54, 1.807) is 14.2 Å². The first kappa shape index (κ1) is 21.4. The Hall–Kier alpha value is -3.88. The Morgan fingerprint density at radius 1 is 1.16 bits per heavy atom. The number of aliphatic imine (C=N–C) groups is 1. The molecule has 2 unspecified atom stereocenters. The zero-order valence-corrected chi connectivity index (χ0v) is 18.5. The van der Waals surface area contributed by atoms with Gasteiger partial charge in [0.05, 0.1) is 12.8 Å². The maximum Gasteiger partial charge on any atom is 0.325 e. The molecule has 2 N–H and O–H groups in total. The van der Waals surface area contributed by atoms with Crippen molar-refractivity contribution in [3.63, 3.8) is 0 Å². The van der Waals surface area contributed by atoms with Gasteiger partial charge in [-0.3, -0.25) is 10.1 Å². The van der Waals surface area contributed by atoms with Crippen LogP contribution in [0.25, 0.3) is 0 Å². The summed E-state index contributed by atoms with van der Waals surface area (Å²) in [6.45, 7) is 4.35. The summed E-state index contributed by atoms with van der Waals surface area (Å²) in [6.07, 6.45) is -0.624. The highest BCUT2D eigenvalue weighted by atomic mass is 16.5. The number of rotatable bonds is 5. The summed E-state index contributed by atoms with van der Waals surface area (Å²) in [5, 5.41) is 6.89. The fourth-order valence-corrected chi connectivity index (χ4v) is 3.71. The van der Waals surface area contributed by atoms with Gasteiger partial charge in [0, 0.05) is 13.6 Å². The largest absolute Gasteiger partial charge is 0.497 e. The van der Waals surface area contributed by atoms with Crippen LogP contribution in [0.15, 0.2) is 58.6 Å². The number of urea groups is 1. The molecule has 0 radical (unpaired) electrons. The van der Waals surface area contributed by atoms with Crippen molar-refractivity contribution in [1.82, 2.24) is 20.5 Å². The Labute approximate surface area is 186 Å². The van der Waals surface area contributed by atoms with Gasteiger partial charge >= 0.3 is 6.03 Å². The van der Waals surface area contributed by atoms with E-state index in [0.29, 0.717) is 12.5 Å². The first-order valence-electron chi connectivity index (χ1n) is 10.3. The van der Waals surface area contributed by atoms with Gasteiger partial charge in [-0.2, -0.15) is 5.10 Å². The van der Waals surface area contributed by atoms with E-state index >= 15 is 0 Å². The van der Waals surface area contributed by atoms with Crippen LogP contribution in [-0.2, 0) is 11.3 Å². The lowest BCUT2D eigenvalue weighted by atomic mass is 10.1. The lowest BCUT2D eigenvalue weighted by Gasteiger charge is -2.36. The van der Waals surface area contributed by atoms with E-state index in [2.05, 4.69) is 20.8 Å². The fourth-order valence-electron chi connectivity index (χ4n) is 3.71. The second-order valence-electron chi connectivity index (χ2n) is 7.87. The van der Waals surface area contributed by atoms with Gasteiger partial charge in [-0.15, -0.1) is 0 Å². The first-order chi connectivity index (χ1) is 15.4. The molecule has 0 bridgehead atoms. The van der Waals surface area contributed by atoms with Gasteiger partial charge in [0.25, 0.3) is 5.91 Å². The van der Waals surface area contributed by atoms with Crippen molar-refractivity contribution in [3.8, 4) is 5.75 Å². The van der Waals surface area contributed by atoms with Gasteiger partial charge in [-0.25, -0.2) is 15.2 Å². The number of carbonyl (C=O) groups is 2. The SMILES string of the molecule is COc1ccc(/C(C)=N\NC2=NC3C(C(=O)NC(=O)N3C)N2Cc2ccc(C)cc2)cc1. The number of hydrogen-bond acceptors (Lipinski definition) is 7. The summed E-state index contributed by atoms with van der Waals surface area (Å²) in [5.74, 6) is 0.827. The third-order valence-corrected chi connectivity index (χ3v) is 5.67. The molecular weight excluding hydrogens is 408 g/mol. The molecule has 9 nitrogen and oxygen atoms in total. The Kier molecular flexibility index (Phi) is 5.81. The van der Waals surface area contributed by atoms with Crippen molar-refractivity contribution in [3.05, 3.63) is 65.2 Å². The molecule has 0 aliphatic carbocycles. The number of fused-ring (bicyclic) bond motifs is 1. The number of ether oxygens (including phenoxy) is 1. The molecule has 2 atom stereocenters. The van der Waals surface area contributed by atoms with Crippen LogP contribution in [0.4, 0.5) is 4.79 Å². The van der Waals surface area contributed by atoms with Gasteiger partial charge in [0.15, 0.2) is 12.2 Å². The Morgan fingerprint density at radius 2 is 1.84 bits per heavy atom. The zero-order chi connectivity index (χ0) is 22.8. The van der Waals surface area contributed by atoms with Gasteiger partial charge in [-0.1, -0.05) is 29.8 Å². The van der Waals surface area contributed by atoms with Gasteiger partial charge in [-0.05, 0) is 49.2 Å². The van der Waals surface area contributed by atoms with Crippen LogP contribution in [0, 0.1) is 6.92 Å². The highest BCUT2D eigenvalue weighted by Gasteiger charge is 2.48. The first-order valence-corrected chi connectivity index (χ1v) is 10.3. The van der Waals surface area contributed by atoms with Crippen molar-refractivity contribution in [2.45, 2.75) is 32.6 Å². The van der Waals surface area contributed by atoms with E-state index in [-0.39, 0.29) is 5.91 Å². The number of guanidine groups is 1. The minimum atomic E-state index is -0.641. The highest BCUT2D eigenvalue weighted by Crippen LogP contribution is 2.25. The molecule has 4 rings (SSSR count). The number of aryl methyl sites for hydroxylation is 1. The zero-order valence-electron chi connectivity index (χ0n) is 18.5. The number of benzene rings is 2. The van der Waals surface area contributed by atoms with E-state index in [4.69, 9.17) is 4.74 Å². The lowest BCUT2D eigenvalue weighted by molar-refractivity contribution is -0.127. The summed E-state index contributed by atoms with van der Waals surface area (Å²) >= 11 is 0. The molecule has 0 spiro atoms. The van der Waals surface area contributed by atoms with Crippen LogP contribution in [-0.4, -0.2) is 59.8 Å². The highest BCUT2D eigenvalue weighted by molar-refractivity contribution is 6.04. The van der Waals surface area contributed by atoms with Crippen molar-refractivity contribution < 1.29 is 14.3 Å². The van der Waals surface area contributed by atoms with Crippen molar-refractivity contribution in [2.24, 2.45) is 10.1 Å². The van der Waals surface area contributed by atoms with Crippen LogP contribution in [0.1, 0.15) is 23.6 Å². The van der Waals surface area contributed by atoms with E-state index in [1.165, 1.54) is 4.90 Å². The van der Waals surface area contributed by atoms with E-state index in [1.807, 2.05) is 67.3 Å². The molecule has 2 aromatic rings. The van der Waals surface area contributed by atoms with Crippen LogP contribution in [0.5, 0.6) is 5.75 Å². The minimum absolute atomic E-state index is 0.374. The number of carbonyl (C=O) groups excluding carboxylic acids is 2. The van der Waals surface area contributed by atoms with E-state index < -0.39 is 18.2 Å². The Bertz CT molecular complexity index is 1080. The smallest absolute Gasteiger partial charge is 0.325 e. The summed E-state index contributed by atoms with van der Waals surface area (Å²) in [4.78, 5) is 32.7. The normalized spacial score (nSPS) is 20.6. The summed E-state index contributed by atoms with van der Waals surface area (Å²) in [6, 6.07) is 14.5. The van der Waals surface area contributed by atoms with Crippen molar-refractivity contribution >= 4 is 23.6 Å². The minimum Gasteiger partial charge on any atom is -0.497 e. The van der Waals surface area contributed by atoms with Crippen molar-refractivity contribution in [1.29, 1.82) is 0 Å². The molecular formula is C23H26N6O3. The molecule has 166 valence electrons. The Morgan fingerprint density at radius 3 is 2.50 bits per heavy atom. The number of methoxy groups -OCH3 is 1. The van der Waals surface area contributed by atoms with Gasteiger partial charge in [0.2, 0.25) is 5.96 Å². The van der Waals surface area contributed by atoms with Gasteiger partial charge < -0.3 is 14.5 Å². The third-order valence-electron chi connectivity index (χ3n) is 5.67. The lowest BCUT2D eigenvalue weighted by Crippen LogP contribution is -2.63. The molecule has 0 aromatic heterocycles. The molecule has 2 aliphatic rings. The molecule has 1 saturated heterocycles. The molecule has 0 saturated carbocycles. The Balaban J connectivity index is 1.61. The number of imide groups is 1. The number of nitrogens with zero attached hydrogens (tertiary/aromatic N) is 4. The number of hydrazone groups is 1. The predicted octanol–water partition coefficient (Wildman–Crippen LogP) is 2.07. The second kappa shape index (κ2) is 8.70. The average Bonchev–Trinajstić information content (AvgIpc) is 3.16. The van der Waals surface area contributed by atoms with Crippen LogP contribution < -0.4 is 15.5 Å². The number of amides is 3. The molecule has 9 heteroatoms. The molecule has 3 amide bonds. The topological polar surface area (TPSA) is 98.6 Å². The molecule has 2 aliphatic heterocycles. The van der Waals surface area contributed by atoms with E-state index in [9.17, 15) is 9.59 Å².